The van der Waals surface area contributed by atoms with Gasteiger partial charge in [-0.25, -0.2) is 0 Å². The quantitative estimate of drug-likeness (QED) is 0.521. The molecule has 7 heteroatoms. The molecule has 0 amide bonds. The first-order valence-corrected chi connectivity index (χ1v) is 8.13. The Labute approximate surface area is 150 Å². The van der Waals surface area contributed by atoms with Crippen LogP contribution in [0.3, 0.4) is 0 Å². The van der Waals surface area contributed by atoms with E-state index in [1.54, 1.807) is 18.5 Å². The predicted octanol–water partition coefficient (Wildman–Crippen LogP) is 3.33. The van der Waals surface area contributed by atoms with Gasteiger partial charge in [0.15, 0.2) is 17.8 Å². The van der Waals surface area contributed by atoms with E-state index in [1.807, 2.05) is 30.7 Å². The number of carbonyl (C=O) groups excluding carboxylic acids is 1. The van der Waals surface area contributed by atoms with E-state index in [1.165, 1.54) is 12.1 Å². The SMILES string of the molecule is CC(C)n1nccc1-c1ncccc1COc1ccc(O)c(O)c1C=O. The third kappa shape index (κ3) is 3.23. The maximum atomic E-state index is 11.2. The smallest absolute Gasteiger partial charge is 0.171 e. The summed E-state index contributed by atoms with van der Waals surface area (Å²) in [5, 5.41) is 23.6. The summed E-state index contributed by atoms with van der Waals surface area (Å²) in [5.74, 6) is -0.688. The Morgan fingerprint density at radius 3 is 2.73 bits per heavy atom. The first-order valence-electron chi connectivity index (χ1n) is 8.13. The fourth-order valence-electron chi connectivity index (χ4n) is 2.67. The Balaban J connectivity index is 1.92. The van der Waals surface area contributed by atoms with E-state index in [9.17, 15) is 15.0 Å². The Morgan fingerprint density at radius 1 is 1.19 bits per heavy atom. The van der Waals surface area contributed by atoms with Gasteiger partial charge in [0.05, 0.1) is 11.4 Å². The van der Waals surface area contributed by atoms with Gasteiger partial charge in [0.1, 0.15) is 17.9 Å². The van der Waals surface area contributed by atoms with E-state index in [-0.39, 0.29) is 29.7 Å². The van der Waals surface area contributed by atoms with Gasteiger partial charge in [-0.2, -0.15) is 5.10 Å². The third-order valence-electron chi connectivity index (χ3n) is 3.95. The molecule has 3 aromatic rings. The van der Waals surface area contributed by atoms with E-state index in [2.05, 4.69) is 10.1 Å². The number of aromatic nitrogens is 3. The van der Waals surface area contributed by atoms with Crippen molar-refractivity contribution >= 4 is 6.29 Å². The largest absolute Gasteiger partial charge is 0.504 e. The molecule has 2 aromatic heterocycles. The summed E-state index contributed by atoms with van der Waals surface area (Å²) in [4.78, 5) is 15.7. The lowest BCUT2D eigenvalue weighted by molar-refractivity contribution is 0.111. The molecule has 0 saturated heterocycles. The van der Waals surface area contributed by atoms with Gasteiger partial charge < -0.3 is 14.9 Å². The maximum absolute atomic E-state index is 11.2. The molecule has 0 bridgehead atoms. The zero-order valence-electron chi connectivity index (χ0n) is 14.5. The highest BCUT2D eigenvalue weighted by atomic mass is 16.5. The van der Waals surface area contributed by atoms with Crippen molar-refractivity contribution in [3.8, 4) is 28.6 Å². The fraction of sp³-hybridized carbons (Fsp3) is 0.211. The van der Waals surface area contributed by atoms with Crippen LogP contribution >= 0.6 is 0 Å². The van der Waals surface area contributed by atoms with Crippen molar-refractivity contribution in [3.05, 3.63) is 53.9 Å². The normalized spacial score (nSPS) is 10.9. The molecule has 0 aliphatic rings. The maximum Gasteiger partial charge on any atom is 0.171 e. The van der Waals surface area contributed by atoms with Crippen molar-refractivity contribution in [1.82, 2.24) is 14.8 Å². The fourth-order valence-corrected chi connectivity index (χ4v) is 2.67. The van der Waals surface area contributed by atoms with Crippen LogP contribution in [0.15, 0.2) is 42.7 Å². The summed E-state index contributed by atoms with van der Waals surface area (Å²) in [6.07, 6.45) is 3.86. The number of aromatic hydroxyl groups is 2. The molecule has 26 heavy (non-hydrogen) atoms. The number of aldehydes is 1. The second kappa shape index (κ2) is 7.26. The summed E-state index contributed by atoms with van der Waals surface area (Å²) in [6.45, 7) is 4.20. The van der Waals surface area contributed by atoms with Crippen LogP contribution in [0.2, 0.25) is 0 Å². The number of nitrogens with zero attached hydrogens (tertiary/aromatic N) is 3. The summed E-state index contributed by atoms with van der Waals surface area (Å²) in [6, 6.07) is 8.44. The van der Waals surface area contributed by atoms with Crippen molar-refractivity contribution in [1.29, 1.82) is 0 Å². The van der Waals surface area contributed by atoms with E-state index in [0.29, 0.717) is 6.29 Å². The molecule has 0 unspecified atom stereocenters. The molecule has 0 radical (unpaired) electrons. The van der Waals surface area contributed by atoms with Crippen molar-refractivity contribution in [2.24, 2.45) is 0 Å². The summed E-state index contributed by atoms with van der Waals surface area (Å²) in [5.41, 5.74) is 2.31. The number of phenols is 2. The number of ether oxygens (including phenoxy) is 1. The number of phenolic OH excluding ortho intramolecular Hbond substituents is 2. The van der Waals surface area contributed by atoms with Gasteiger partial charge in [-0.15, -0.1) is 0 Å². The van der Waals surface area contributed by atoms with Gasteiger partial charge in [0.2, 0.25) is 0 Å². The number of carbonyl (C=O) groups is 1. The van der Waals surface area contributed by atoms with Crippen LogP contribution in [0.25, 0.3) is 11.4 Å². The molecule has 0 atom stereocenters. The highest BCUT2D eigenvalue weighted by Gasteiger charge is 2.16. The van der Waals surface area contributed by atoms with Crippen molar-refractivity contribution in [3.63, 3.8) is 0 Å². The summed E-state index contributed by atoms with van der Waals surface area (Å²) >= 11 is 0. The van der Waals surface area contributed by atoms with Crippen molar-refractivity contribution < 1.29 is 19.7 Å². The molecule has 0 spiro atoms. The molecule has 134 valence electrons. The summed E-state index contributed by atoms with van der Waals surface area (Å²) < 4.78 is 7.59. The van der Waals surface area contributed by atoms with Gasteiger partial charge in [-0.1, -0.05) is 6.07 Å². The number of benzene rings is 1. The molecule has 0 aliphatic carbocycles. The Bertz CT molecular complexity index is 934. The Hall–Kier alpha value is -3.35. The van der Waals surface area contributed by atoms with Crippen LogP contribution in [-0.4, -0.2) is 31.3 Å². The van der Waals surface area contributed by atoms with Crippen molar-refractivity contribution in [2.45, 2.75) is 26.5 Å². The average molecular weight is 353 g/mol. The molecular weight excluding hydrogens is 334 g/mol. The zero-order chi connectivity index (χ0) is 18.7. The van der Waals surface area contributed by atoms with Gasteiger partial charge in [0, 0.05) is 24.0 Å². The van der Waals surface area contributed by atoms with E-state index in [0.717, 1.165) is 17.0 Å². The summed E-state index contributed by atoms with van der Waals surface area (Å²) in [7, 11) is 0. The van der Waals surface area contributed by atoms with Gasteiger partial charge in [-0.3, -0.25) is 14.5 Å². The lowest BCUT2D eigenvalue weighted by Gasteiger charge is -2.15. The van der Waals surface area contributed by atoms with Crippen LogP contribution < -0.4 is 4.74 Å². The Morgan fingerprint density at radius 2 is 2.00 bits per heavy atom. The number of pyridine rings is 1. The first-order chi connectivity index (χ1) is 12.5. The minimum atomic E-state index is -0.498. The molecule has 3 rings (SSSR count). The average Bonchev–Trinajstić information content (AvgIpc) is 3.13. The minimum absolute atomic E-state index is 0.0948. The van der Waals surface area contributed by atoms with Gasteiger partial charge in [0.25, 0.3) is 0 Å². The lowest BCUT2D eigenvalue weighted by Crippen LogP contribution is -2.08. The first kappa shape index (κ1) is 17.5. The standard InChI is InChI=1S/C19H19N3O4/c1-12(2)22-15(7-9-21-22)18-13(4-3-8-20-18)11-26-17-6-5-16(24)19(25)14(17)10-23/h3-10,12,24-25H,11H2,1-2H3. The van der Waals surface area contributed by atoms with Crippen LogP contribution in [0.5, 0.6) is 17.2 Å². The molecule has 2 heterocycles. The monoisotopic (exact) mass is 353 g/mol. The number of hydrogen-bond acceptors (Lipinski definition) is 6. The van der Waals surface area contributed by atoms with E-state index < -0.39 is 5.75 Å². The number of hydrogen-bond donors (Lipinski definition) is 2. The topological polar surface area (TPSA) is 97.5 Å². The van der Waals surface area contributed by atoms with Crippen molar-refractivity contribution in [2.75, 3.05) is 0 Å². The third-order valence-corrected chi connectivity index (χ3v) is 3.95. The second-order valence-corrected chi connectivity index (χ2v) is 6.02. The van der Waals surface area contributed by atoms with Gasteiger partial charge >= 0.3 is 0 Å². The molecule has 7 nitrogen and oxygen atoms in total. The molecule has 0 fully saturated rings. The number of rotatable bonds is 6. The van der Waals surface area contributed by atoms with E-state index in [4.69, 9.17) is 4.74 Å². The zero-order valence-corrected chi connectivity index (χ0v) is 14.5. The molecule has 0 saturated carbocycles. The van der Waals surface area contributed by atoms with Crippen LogP contribution in [-0.2, 0) is 6.61 Å². The van der Waals surface area contributed by atoms with Gasteiger partial charge in [-0.05, 0) is 38.1 Å². The highest BCUT2D eigenvalue weighted by Crippen LogP contribution is 2.35. The molecular formula is C19H19N3O4. The lowest BCUT2D eigenvalue weighted by atomic mass is 10.1. The van der Waals surface area contributed by atoms with Crippen LogP contribution in [0.1, 0.15) is 35.8 Å². The predicted molar refractivity (Wildman–Crippen MR) is 95.3 cm³/mol. The molecule has 2 N–H and O–H groups in total. The molecule has 1 aromatic carbocycles. The van der Waals surface area contributed by atoms with Crippen LogP contribution in [0, 0.1) is 0 Å². The van der Waals surface area contributed by atoms with Crippen LogP contribution in [0.4, 0.5) is 0 Å². The minimum Gasteiger partial charge on any atom is -0.504 e. The Kier molecular flexibility index (Phi) is 4.88. The van der Waals surface area contributed by atoms with E-state index >= 15 is 0 Å². The highest BCUT2D eigenvalue weighted by molar-refractivity contribution is 5.85. The second-order valence-electron chi connectivity index (χ2n) is 6.02. The molecule has 0 aliphatic heterocycles.